The van der Waals surface area contributed by atoms with Gasteiger partial charge < -0.3 is 10.0 Å². The van der Waals surface area contributed by atoms with Crippen molar-refractivity contribution >= 4 is 28.4 Å². The molecule has 0 fully saturated rings. The lowest BCUT2D eigenvalue weighted by molar-refractivity contribution is 0.0689. The lowest BCUT2D eigenvalue weighted by Crippen LogP contribution is -2.25. The third-order valence-electron chi connectivity index (χ3n) is 7.50. The molecule has 0 saturated carbocycles. The molecule has 0 spiro atoms. The minimum Gasteiger partial charge on any atom is -0.477 e. The van der Waals surface area contributed by atoms with Gasteiger partial charge in [-0.15, -0.1) is 0 Å². The van der Waals surface area contributed by atoms with E-state index in [1.54, 1.807) is 48.4 Å². The van der Waals surface area contributed by atoms with Crippen molar-refractivity contribution in [2.45, 2.75) is 46.0 Å². The molecule has 2 aromatic carbocycles. The van der Waals surface area contributed by atoms with Crippen LogP contribution in [0.25, 0.3) is 22.2 Å². The van der Waals surface area contributed by atoms with Gasteiger partial charge in [-0.1, -0.05) is 13.8 Å². The van der Waals surface area contributed by atoms with E-state index in [0.29, 0.717) is 23.2 Å². The van der Waals surface area contributed by atoms with Gasteiger partial charge in [0.15, 0.2) is 5.69 Å². The summed E-state index contributed by atoms with van der Waals surface area (Å²) in [6, 6.07) is 8.97. The fourth-order valence-electron chi connectivity index (χ4n) is 5.56. The maximum Gasteiger partial charge on any atom is 0.354 e. The van der Waals surface area contributed by atoms with E-state index in [-0.39, 0.29) is 22.9 Å². The topological polar surface area (TPSA) is 80.4 Å². The van der Waals surface area contributed by atoms with E-state index < -0.39 is 12.4 Å². The molecule has 3 heterocycles. The minimum atomic E-state index is -2.73. The molecule has 0 aliphatic carbocycles. The van der Waals surface area contributed by atoms with Gasteiger partial charge in [0.05, 0.1) is 11.0 Å². The molecule has 0 radical (unpaired) electrons. The number of carbonyl (C=O) groups is 1. The summed E-state index contributed by atoms with van der Waals surface area (Å²) < 4.78 is 32.1. The second-order valence-corrected chi connectivity index (χ2v) is 10.3. The number of halogens is 2. The molecule has 9 heteroatoms. The van der Waals surface area contributed by atoms with Crippen molar-refractivity contribution in [2.75, 3.05) is 11.4 Å². The van der Waals surface area contributed by atoms with Crippen LogP contribution in [0, 0.1) is 6.92 Å². The number of alkyl halides is 2. The van der Waals surface area contributed by atoms with Crippen LogP contribution in [0.5, 0.6) is 0 Å². The lowest BCUT2D eigenvalue weighted by Gasteiger charge is -2.33. The fraction of sp³-hybridized carbons (Fsp3) is 0.345. The Labute approximate surface area is 219 Å². The maximum atomic E-state index is 14.4. The number of imidazole rings is 1. The van der Waals surface area contributed by atoms with E-state index in [4.69, 9.17) is 0 Å². The van der Waals surface area contributed by atoms with Crippen LogP contribution >= 0.6 is 0 Å². The van der Waals surface area contributed by atoms with Gasteiger partial charge in [0.25, 0.3) is 6.43 Å². The molecule has 7 nitrogen and oxygen atoms in total. The normalized spacial score (nSPS) is 13.6. The second-order valence-electron chi connectivity index (χ2n) is 10.3. The molecule has 38 heavy (non-hydrogen) atoms. The van der Waals surface area contributed by atoms with E-state index in [2.05, 4.69) is 29.8 Å². The number of fused-ring (bicyclic) bond motifs is 2. The summed E-state index contributed by atoms with van der Waals surface area (Å²) >= 11 is 0. The number of anilines is 2. The maximum absolute atomic E-state index is 14.4. The highest BCUT2D eigenvalue weighted by molar-refractivity contribution is 5.89. The summed E-state index contributed by atoms with van der Waals surface area (Å²) in [6.07, 6.45) is 0.176. The van der Waals surface area contributed by atoms with E-state index in [0.717, 1.165) is 46.4 Å². The van der Waals surface area contributed by atoms with Crippen LogP contribution in [0.15, 0.2) is 41.3 Å². The van der Waals surface area contributed by atoms with Crippen molar-refractivity contribution < 1.29 is 18.7 Å². The Balaban J connectivity index is 1.69. The van der Waals surface area contributed by atoms with E-state index in [1.165, 1.54) is 6.20 Å². The number of aromatic carboxylic acids is 1. The molecule has 1 aliphatic heterocycles. The van der Waals surface area contributed by atoms with Gasteiger partial charge in [-0.3, -0.25) is 9.13 Å². The summed E-state index contributed by atoms with van der Waals surface area (Å²) in [6.45, 7) is 6.42. The summed E-state index contributed by atoms with van der Waals surface area (Å²) in [5.74, 6) is -1.00. The Morgan fingerprint density at radius 1 is 1.05 bits per heavy atom. The van der Waals surface area contributed by atoms with Gasteiger partial charge in [-0.25, -0.2) is 23.4 Å². The number of aromatic nitrogens is 3. The number of carboxylic acid groups (broad SMARTS) is 1. The Hall–Kier alpha value is -4.01. The first kappa shape index (κ1) is 25.6. The van der Waals surface area contributed by atoms with Crippen LogP contribution in [-0.4, -0.2) is 31.7 Å². The molecular formula is C29H30F2N4O3. The Kier molecular flexibility index (Phi) is 6.33. The molecule has 2 aromatic heterocycles. The number of rotatable bonds is 5. The van der Waals surface area contributed by atoms with Crippen LogP contribution in [0.4, 0.5) is 20.2 Å². The molecule has 0 amide bonds. The number of hydrogen-bond acceptors (Lipinski definition) is 4. The zero-order chi connectivity index (χ0) is 27.5. The zero-order valence-corrected chi connectivity index (χ0v) is 22.0. The third-order valence-corrected chi connectivity index (χ3v) is 7.50. The molecule has 198 valence electrons. The van der Waals surface area contributed by atoms with Gasteiger partial charge in [-0.05, 0) is 78.3 Å². The number of hydrogen-bond donors (Lipinski definition) is 1. The van der Waals surface area contributed by atoms with Crippen LogP contribution in [0.3, 0.4) is 0 Å². The summed E-state index contributed by atoms with van der Waals surface area (Å²) in [5.41, 5.74) is 6.12. The lowest BCUT2D eigenvalue weighted by atomic mass is 9.91. The number of carboxylic acids is 1. The number of aryl methyl sites for hydroxylation is 4. The molecule has 0 unspecified atom stereocenters. The van der Waals surface area contributed by atoms with E-state index in [1.807, 2.05) is 6.07 Å². The molecule has 0 saturated heterocycles. The second kappa shape index (κ2) is 9.38. The standard InChI is InChI=1S/C29H30F2N4O3/c1-15(2)20-11-19(12-24-26(20)34(5)29(38)33(24)4)35-8-6-7-17-10-21(22(27(30)31)13-23(17)35)18-9-16(3)25(28(36)37)32-14-18/h9-15,27H,6-8H2,1-5H3,(H,36,37). The summed E-state index contributed by atoms with van der Waals surface area (Å²) in [5, 5.41) is 9.31. The smallest absolute Gasteiger partial charge is 0.354 e. The number of benzene rings is 2. The highest BCUT2D eigenvalue weighted by Gasteiger charge is 2.26. The largest absolute Gasteiger partial charge is 0.477 e. The van der Waals surface area contributed by atoms with Crippen molar-refractivity contribution in [3.05, 3.63) is 75.0 Å². The predicted molar refractivity (Wildman–Crippen MR) is 144 cm³/mol. The highest BCUT2D eigenvalue weighted by atomic mass is 19.3. The van der Waals surface area contributed by atoms with Crippen molar-refractivity contribution in [3.8, 4) is 11.1 Å². The minimum absolute atomic E-state index is 0.0943. The first-order chi connectivity index (χ1) is 18.0. The fourth-order valence-corrected chi connectivity index (χ4v) is 5.56. The molecule has 0 atom stereocenters. The molecule has 1 aliphatic rings. The number of nitrogens with zero attached hydrogens (tertiary/aromatic N) is 4. The Morgan fingerprint density at radius 3 is 2.42 bits per heavy atom. The van der Waals surface area contributed by atoms with Crippen molar-refractivity contribution in [1.29, 1.82) is 0 Å². The van der Waals surface area contributed by atoms with Crippen LogP contribution in [0.2, 0.25) is 0 Å². The van der Waals surface area contributed by atoms with Crippen molar-refractivity contribution in [1.82, 2.24) is 14.1 Å². The van der Waals surface area contributed by atoms with E-state index in [9.17, 15) is 23.5 Å². The Morgan fingerprint density at radius 2 is 1.79 bits per heavy atom. The quantitative estimate of drug-likeness (QED) is 0.344. The number of pyridine rings is 1. The highest BCUT2D eigenvalue weighted by Crippen LogP contribution is 2.42. The van der Waals surface area contributed by atoms with E-state index >= 15 is 0 Å². The molecule has 4 aromatic rings. The molecule has 1 N–H and O–H groups in total. The first-order valence-electron chi connectivity index (χ1n) is 12.6. The predicted octanol–water partition coefficient (Wildman–Crippen LogP) is 6.09. The average Bonchev–Trinajstić information content (AvgIpc) is 3.10. The van der Waals surface area contributed by atoms with Crippen molar-refractivity contribution in [2.24, 2.45) is 14.1 Å². The zero-order valence-electron chi connectivity index (χ0n) is 22.0. The van der Waals surface area contributed by atoms with Gasteiger partial charge in [-0.2, -0.15) is 0 Å². The van der Waals surface area contributed by atoms with Crippen LogP contribution in [0.1, 0.15) is 65.4 Å². The van der Waals surface area contributed by atoms with Gasteiger partial charge in [0.2, 0.25) is 0 Å². The monoisotopic (exact) mass is 520 g/mol. The van der Waals surface area contributed by atoms with Gasteiger partial charge >= 0.3 is 11.7 Å². The summed E-state index contributed by atoms with van der Waals surface area (Å²) in [4.78, 5) is 30.2. The third kappa shape index (κ3) is 4.06. The summed E-state index contributed by atoms with van der Waals surface area (Å²) in [7, 11) is 3.51. The Bertz CT molecular complexity index is 1650. The molecular weight excluding hydrogens is 490 g/mol. The first-order valence-corrected chi connectivity index (χ1v) is 12.6. The van der Waals surface area contributed by atoms with Crippen molar-refractivity contribution in [3.63, 3.8) is 0 Å². The average molecular weight is 521 g/mol. The molecule has 0 bridgehead atoms. The molecule has 5 rings (SSSR count). The van der Waals surface area contributed by atoms with Crippen LogP contribution < -0.4 is 10.6 Å². The van der Waals surface area contributed by atoms with Gasteiger partial charge in [0, 0.05) is 49.3 Å². The van der Waals surface area contributed by atoms with Crippen LogP contribution in [-0.2, 0) is 20.5 Å². The SMILES string of the molecule is Cc1cc(-c2cc3c(cc2C(F)F)N(c2cc(C(C)C)c4c(c2)n(C)c(=O)n4C)CCC3)cnc1C(=O)O. The van der Waals surface area contributed by atoms with Gasteiger partial charge in [0.1, 0.15) is 0 Å².